The standard InChI is InChI=1S/C44H48Cl2N8O8/c1-61-29-7-11-35-33(21-29)43(31-9-5-27(45)19-37(31)51-35)49-15-3-13-47-39(55)23-53(25-41(57)58)17-18-54(26-42(59)60)24-40(56)48-14-4-16-50-44-32-10-6-28(46)20-38(32)52-36-12-8-30(62-2)22-34(36)44/h5-12,19-22H,3-4,13-18,23-26H2,1-2H3,(H,47,55)(H,48,56)(H,49,51)(H,50,52)(H,57,58)(H,59,60). The number of nitrogens with zero attached hydrogens (tertiary/aromatic N) is 4. The summed E-state index contributed by atoms with van der Waals surface area (Å²) in [5, 5.41) is 36.4. The number of nitrogens with one attached hydrogen (secondary N) is 4. The first-order valence-corrected chi connectivity index (χ1v) is 20.7. The zero-order chi connectivity index (χ0) is 44.2. The smallest absolute Gasteiger partial charge is 0.317 e. The fourth-order valence-electron chi connectivity index (χ4n) is 7.10. The molecule has 0 aliphatic rings. The molecule has 326 valence electrons. The molecule has 6 N–H and O–H groups in total. The Kier molecular flexibility index (Phi) is 15.8. The van der Waals surface area contributed by atoms with Gasteiger partial charge in [-0.15, -0.1) is 0 Å². The van der Waals surface area contributed by atoms with Gasteiger partial charge >= 0.3 is 11.9 Å². The highest BCUT2D eigenvalue weighted by Crippen LogP contribution is 2.35. The van der Waals surface area contributed by atoms with Gasteiger partial charge in [0, 0.05) is 70.9 Å². The molecule has 62 heavy (non-hydrogen) atoms. The van der Waals surface area contributed by atoms with Crippen molar-refractivity contribution in [2.75, 3.05) is 90.3 Å². The molecule has 0 radical (unpaired) electrons. The molecule has 2 heterocycles. The number of aliphatic carboxylic acids is 2. The Hall–Kier alpha value is -6.20. The van der Waals surface area contributed by atoms with Crippen molar-refractivity contribution in [2.45, 2.75) is 12.8 Å². The lowest BCUT2D eigenvalue weighted by Gasteiger charge is -2.25. The minimum absolute atomic E-state index is 0.0330. The molecule has 0 saturated heterocycles. The van der Waals surface area contributed by atoms with E-state index in [-0.39, 0.29) is 26.2 Å². The number of carboxylic acids is 2. The first-order chi connectivity index (χ1) is 29.9. The molecule has 2 amide bonds. The maximum atomic E-state index is 13.0. The third-order valence-corrected chi connectivity index (χ3v) is 10.5. The molecule has 16 nitrogen and oxygen atoms in total. The molecule has 6 rings (SSSR count). The van der Waals surface area contributed by atoms with Gasteiger partial charge in [0.15, 0.2) is 0 Å². The van der Waals surface area contributed by atoms with Crippen molar-refractivity contribution in [2.24, 2.45) is 0 Å². The molecule has 0 fully saturated rings. The highest BCUT2D eigenvalue weighted by atomic mass is 35.5. The minimum Gasteiger partial charge on any atom is -0.497 e. The van der Waals surface area contributed by atoms with E-state index in [9.17, 15) is 29.4 Å². The molecule has 0 bridgehead atoms. The summed E-state index contributed by atoms with van der Waals surface area (Å²) >= 11 is 12.5. The van der Waals surface area contributed by atoms with Crippen molar-refractivity contribution >= 4 is 102 Å². The van der Waals surface area contributed by atoms with Crippen LogP contribution in [0.25, 0.3) is 43.6 Å². The fraction of sp³-hybridized carbons (Fsp3) is 0.318. The lowest BCUT2D eigenvalue weighted by Crippen LogP contribution is -2.46. The van der Waals surface area contributed by atoms with Crippen LogP contribution in [0, 0.1) is 0 Å². The van der Waals surface area contributed by atoms with Gasteiger partial charge in [-0.05, 0) is 85.6 Å². The molecule has 6 aromatic rings. The number of carbonyl (C=O) groups excluding carboxylic acids is 2. The van der Waals surface area contributed by atoms with Crippen LogP contribution in [0.3, 0.4) is 0 Å². The van der Waals surface area contributed by atoms with E-state index in [2.05, 4.69) is 21.3 Å². The third-order valence-electron chi connectivity index (χ3n) is 10.0. The van der Waals surface area contributed by atoms with E-state index in [4.69, 9.17) is 42.6 Å². The fourth-order valence-corrected chi connectivity index (χ4v) is 7.43. The Labute approximate surface area is 367 Å². The summed E-state index contributed by atoms with van der Waals surface area (Å²) in [5.74, 6) is -1.72. The van der Waals surface area contributed by atoms with Gasteiger partial charge in [0.2, 0.25) is 11.8 Å². The number of fused-ring (bicyclic) bond motifs is 4. The summed E-state index contributed by atoms with van der Waals surface area (Å²) in [6.07, 6.45) is 1.10. The second-order valence-electron chi connectivity index (χ2n) is 14.5. The summed E-state index contributed by atoms with van der Waals surface area (Å²) in [6.45, 7) is 0.312. The van der Waals surface area contributed by atoms with E-state index < -0.39 is 36.8 Å². The lowest BCUT2D eigenvalue weighted by atomic mass is 10.1. The zero-order valence-corrected chi connectivity index (χ0v) is 35.8. The van der Waals surface area contributed by atoms with Crippen molar-refractivity contribution in [1.29, 1.82) is 0 Å². The molecule has 0 saturated carbocycles. The van der Waals surface area contributed by atoms with Crippen LogP contribution >= 0.6 is 23.2 Å². The molecule has 2 aromatic heterocycles. The number of amides is 2. The average Bonchev–Trinajstić information content (AvgIpc) is 3.23. The number of benzene rings is 4. The van der Waals surface area contributed by atoms with Crippen molar-refractivity contribution in [3.63, 3.8) is 0 Å². The van der Waals surface area contributed by atoms with Crippen molar-refractivity contribution < 1.29 is 38.9 Å². The summed E-state index contributed by atoms with van der Waals surface area (Å²) < 4.78 is 10.9. The van der Waals surface area contributed by atoms with Gasteiger partial charge < -0.3 is 41.0 Å². The predicted octanol–water partition coefficient (Wildman–Crippen LogP) is 5.72. The van der Waals surface area contributed by atoms with Crippen LogP contribution in [0.15, 0.2) is 72.8 Å². The number of aromatic nitrogens is 2. The number of carbonyl (C=O) groups is 4. The summed E-state index contributed by atoms with van der Waals surface area (Å²) in [5.41, 5.74) is 4.70. The third kappa shape index (κ3) is 12.2. The normalized spacial score (nSPS) is 11.4. The zero-order valence-electron chi connectivity index (χ0n) is 34.3. The quantitative estimate of drug-likeness (QED) is 0.0336. The second kappa shape index (κ2) is 21.5. The number of hydrogen-bond donors (Lipinski definition) is 6. The SMILES string of the molecule is COc1ccc2nc3cc(Cl)ccc3c(NCCCNC(=O)CN(CCN(CC(=O)O)CC(=O)NCCCNc3c4ccc(Cl)cc4nc4ccc(OC)cc34)CC(=O)O)c2c1. The molecule has 4 aromatic carbocycles. The van der Waals surface area contributed by atoms with E-state index in [1.165, 1.54) is 9.80 Å². The number of carboxylic acid groups (broad SMARTS) is 2. The van der Waals surface area contributed by atoms with Gasteiger partial charge in [-0.1, -0.05) is 23.2 Å². The first kappa shape index (κ1) is 45.3. The molecule has 0 aliphatic carbocycles. The number of pyridine rings is 2. The molecule has 0 aliphatic heterocycles. The minimum atomic E-state index is -1.15. The number of hydrogen-bond acceptors (Lipinski definition) is 12. The van der Waals surface area contributed by atoms with E-state index in [0.29, 0.717) is 60.6 Å². The van der Waals surface area contributed by atoms with Crippen molar-refractivity contribution in [3.05, 3.63) is 82.8 Å². The number of halogens is 2. The van der Waals surface area contributed by atoms with Crippen LogP contribution in [0.4, 0.5) is 11.4 Å². The summed E-state index contributed by atoms with van der Waals surface area (Å²) in [6, 6.07) is 22.2. The lowest BCUT2D eigenvalue weighted by molar-refractivity contribution is -0.141. The molecule has 0 unspecified atom stereocenters. The Morgan fingerprint density at radius 3 is 1.35 bits per heavy atom. The maximum Gasteiger partial charge on any atom is 0.317 e. The molecule has 18 heteroatoms. The van der Waals surface area contributed by atoms with Crippen LogP contribution < -0.4 is 30.7 Å². The predicted molar refractivity (Wildman–Crippen MR) is 242 cm³/mol. The Morgan fingerprint density at radius 1 is 0.548 bits per heavy atom. The van der Waals surface area contributed by atoms with Gasteiger partial charge in [0.1, 0.15) is 11.5 Å². The monoisotopic (exact) mass is 886 g/mol. The highest BCUT2D eigenvalue weighted by molar-refractivity contribution is 6.32. The summed E-state index contributed by atoms with van der Waals surface area (Å²) in [7, 11) is 3.19. The second-order valence-corrected chi connectivity index (χ2v) is 15.4. The van der Waals surface area contributed by atoms with Gasteiger partial charge in [0.25, 0.3) is 0 Å². The van der Waals surface area contributed by atoms with Gasteiger partial charge in [-0.2, -0.15) is 0 Å². The molecule has 0 spiro atoms. The van der Waals surface area contributed by atoms with Crippen LogP contribution in [-0.4, -0.2) is 133 Å². The van der Waals surface area contributed by atoms with Gasteiger partial charge in [-0.3, -0.25) is 29.0 Å². The number of ether oxygens (including phenoxy) is 2. The van der Waals surface area contributed by atoms with E-state index in [1.807, 2.05) is 48.5 Å². The van der Waals surface area contributed by atoms with E-state index in [1.54, 1.807) is 38.5 Å². The largest absolute Gasteiger partial charge is 0.497 e. The molecular formula is C44H48Cl2N8O8. The Balaban J connectivity index is 0.968. The van der Waals surface area contributed by atoms with Gasteiger partial charge in [0.05, 0.1) is 73.8 Å². The van der Waals surface area contributed by atoms with Crippen LogP contribution in [0.1, 0.15) is 12.8 Å². The average molecular weight is 888 g/mol. The van der Waals surface area contributed by atoms with Gasteiger partial charge in [-0.25, -0.2) is 9.97 Å². The Morgan fingerprint density at radius 2 is 0.968 bits per heavy atom. The van der Waals surface area contributed by atoms with Crippen LogP contribution in [0.2, 0.25) is 10.0 Å². The molecular weight excluding hydrogens is 839 g/mol. The number of methoxy groups -OCH3 is 2. The Bertz CT molecular complexity index is 2420. The van der Waals surface area contributed by atoms with E-state index >= 15 is 0 Å². The first-order valence-electron chi connectivity index (χ1n) is 19.9. The van der Waals surface area contributed by atoms with Crippen LogP contribution in [0.5, 0.6) is 11.5 Å². The number of anilines is 2. The summed E-state index contributed by atoms with van der Waals surface area (Å²) in [4.78, 5) is 61.6. The topological polar surface area (TPSA) is 208 Å². The van der Waals surface area contributed by atoms with Crippen molar-refractivity contribution in [3.8, 4) is 11.5 Å². The van der Waals surface area contributed by atoms with Crippen LogP contribution in [-0.2, 0) is 19.2 Å². The highest BCUT2D eigenvalue weighted by Gasteiger charge is 2.19. The van der Waals surface area contributed by atoms with Crippen molar-refractivity contribution in [1.82, 2.24) is 30.4 Å². The number of rotatable bonds is 23. The van der Waals surface area contributed by atoms with E-state index in [0.717, 1.165) is 55.0 Å². The maximum absolute atomic E-state index is 13.0. The molecule has 0 atom stereocenters.